The van der Waals surface area contributed by atoms with Crippen LogP contribution in [0.4, 0.5) is 0 Å². The van der Waals surface area contributed by atoms with Gasteiger partial charge in [-0.25, -0.2) is 0 Å². The zero-order chi connectivity index (χ0) is 33.7. The zero-order valence-electron chi connectivity index (χ0n) is 33.6. The van der Waals surface area contributed by atoms with Crippen LogP contribution < -0.4 is 0 Å². The summed E-state index contributed by atoms with van der Waals surface area (Å²) in [5.74, 6) is 15.6. The highest BCUT2D eigenvalue weighted by Gasteiger charge is 2.57. The molecule has 1 nitrogen and oxygen atoms in total. The lowest BCUT2D eigenvalue weighted by atomic mass is 9.54. The van der Waals surface area contributed by atoms with Crippen molar-refractivity contribution in [2.75, 3.05) is 0 Å². The van der Waals surface area contributed by atoms with Gasteiger partial charge in [-0.2, -0.15) is 0 Å². The fourth-order valence-electron chi connectivity index (χ4n) is 18.6. The number of hydrogen-bond acceptors (Lipinski definition) is 1. The topological polar surface area (TPSA) is 3.24 Å². The first-order valence-electron chi connectivity index (χ1n) is 25.1. The molecule has 0 amide bonds. The molecule has 0 aromatic carbocycles. The molecule has 12 unspecified atom stereocenters. The molecule has 0 aromatic rings. The maximum atomic E-state index is 3.41. The van der Waals surface area contributed by atoms with Crippen LogP contribution in [0.5, 0.6) is 0 Å². The zero-order valence-corrected chi connectivity index (χ0v) is 33.6. The fraction of sp³-hybridized carbons (Fsp3) is 1.00. The van der Waals surface area contributed by atoms with Gasteiger partial charge < -0.3 is 0 Å². The van der Waals surface area contributed by atoms with Crippen molar-refractivity contribution in [1.29, 1.82) is 0 Å². The van der Waals surface area contributed by atoms with Crippen molar-refractivity contribution < 1.29 is 0 Å². The Morgan fingerprint density at radius 1 is 0.235 bits per heavy atom. The largest absolute Gasteiger partial charge is 0.294 e. The van der Waals surface area contributed by atoms with Crippen molar-refractivity contribution in [2.45, 2.75) is 230 Å². The van der Waals surface area contributed by atoms with Gasteiger partial charge in [0, 0.05) is 18.1 Å². The molecule has 0 aliphatic heterocycles. The first-order valence-corrected chi connectivity index (χ1v) is 25.1. The summed E-state index contributed by atoms with van der Waals surface area (Å²) in [6, 6.07) is 2.82. The summed E-state index contributed by atoms with van der Waals surface area (Å²) in [4.78, 5) is 3.41. The highest BCUT2D eigenvalue weighted by molar-refractivity contribution is 5.07. The predicted molar refractivity (Wildman–Crippen MR) is 214 cm³/mol. The van der Waals surface area contributed by atoms with Crippen LogP contribution in [-0.2, 0) is 0 Å². The molecular formula is C50H83N. The molecule has 0 heterocycles. The van der Waals surface area contributed by atoms with Crippen LogP contribution in [0.25, 0.3) is 0 Å². The summed E-state index contributed by atoms with van der Waals surface area (Å²) in [7, 11) is 0. The van der Waals surface area contributed by atoms with Crippen molar-refractivity contribution in [2.24, 2.45) is 82.9 Å². The summed E-state index contributed by atoms with van der Waals surface area (Å²) in [5.41, 5.74) is 0. The second-order valence-electron chi connectivity index (χ2n) is 22.3. The molecule has 10 saturated carbocycles. The normalized spacial score (nSPS) is 49.9. The maximum Gasteiger partial charge on any atom is 0.0132 e. The van der Waals surface area contributed by atoms with Gasteiger partial charge in [0.15, 0.2) is 0 Å². The minimum absolute atomic E-state index is 0.936. The number of rotatable bonds is 6. The van der Waals surface area contributed by atoms with E-state index < -0.39 is 0 Å². The summed E-state index contributed by atoms with van der Waals surface area (Å²) in [6.45, 7) is 0. The quantitative estimate of drug-likeness (QED) is 0.267. The van der Waals surface area contributed by atoms with Gasteiger partial charge in [-0.15, -0.1) is 0 Å². The molecule has 10 fully saturated rings. The molecule has 10 aliphatic rings. The average Bonchev–Trinajstić information content (AvgIpc) is 3.81. The van der Waals surface area contributed by atoms with Crippen molar-refractivity contribution in [3.8, 4) is 0 Å². The summed E-state index contributed by atoms with van der Waals surface area (Å²) in [6.07, 6.45) is 52.3. The van der Waals surface area contributed by atoms with E-state index >= 15 is 0 Å². The van der Waals surface area contributed by atoms with Crippen LogP contribution in [0.15, 0.2) is 0 Å². The Morgan fingerprint density at radius 3 is 1.49 bits per heavy atom. The van der Waals surface area contributed by atoms with Gasteiger partial charge in [-0.1, -0.05) is 109 Å². The fourth-order valence-corrected chi connectivity index (χ4v) is 18.6. The van der Waals surface area contributed by atoms with Gasteiger partial charge in [0.1, 0.15) is 0 Å². The van der Waals surface area contributed by atoms with Gasteiger partial charge in [-0.05, 0) is 186 Å². The first kappa shape index (κ1) is 35.4. The van der Waals surface area contributed by atoms with Crippen molar-refractivity contribution >= 4 is 0 Å². The molecule has 0 spiro atoms. The minimum atomic E-state index is 0.936. The van der Waals surface area contributed by atoms with E-state index in [1.165, 1.54) is 38.5 Å². The lowest BCUT2D eigenvalue weighted by Crippen LogP contribution is -2.58. The third-order valence-corrected chi connectivity index (χ3v) is 20.4. The van der Waals surface area contributed by atoms with E-state index in [4.69, 9.17) is 0 Å². The molecule has 0 aromatic heterocycles. The highest BCUT2D eigenvalue weighted by atomic mass is 15.2. The van der Waals surface area contributed by atoms with E-state index in [0.717, 1.165) is 101 Å². The van der Waals surface area contributed by atoms with Crippen LogP contribution in [0.1, 0.15) is 212 Å². The Hall–Kier alpha value is -0.0400. The molecule has 0 bridgehead atoms. The molecule has 1 heteroatoms. The SMILES string of the molecule is C1CCC(C2CCC(N(C3CCCCC3)C3CCC(C4CCCC5C4CC4CCCC(C6CC7CCCCC7C6)C45)C4CCCCC43)CC2)CC1. The molecule has 12 atom stereocenters. The Bertz CT molecular complexity index is 1090. The van der Waals surface area contributed by atoms with Gasteiger partial charge in [-0.3, -0.25) is 4.90 Å². The smallest absolute Gasteiger partial charge is 0.0132 e. The number of nitrogens with zero attached hydrogens (tertiary/aromatic N) is 1. The number of hydrogen-bond donors (Lipinski definition) is 0. The van der Waals surface area contributed by atoms with E-state index in [2.05, 4.69) is 4.90 Å². The Kier molecular flexibility index (Phi) is 11.0. The molecule has 0 saturated heterocycles. The van der Waals surface area contributed by atoms with Gasteiger partial charge in [0.05, 0.1) is 0 Å². The summed E-state index contributed by atoms with van der Waals surface area (Å²) in [5, 5.41) is 0. The molecule has 288 valence electrons. The highest BCUT2D eigenvalue weighted by Crippen LogP contribution is 2.64. The van der Waals surface area contributed by atoms with Gasteiger partial charge in [0.25, 0.3) is 0 Å². The number of fused-ring (bicyclic) bond motifs is 5. The Morgan fingerprint density at radius 2 is 0.725 bits per heavy atom. The lowest BCUT2D eigenvalue weighted by Gasteiger charge is -2.57. The van der Waals surface area contributed by atoms with Crippen LogP contribution in [0, 0.1) is 82.9 Å². The van der Waals surface area contributed by atoms with Crippen LogP contribution in [0.2, 0.25) is 0 Å². The molecule has 10 rings (SSSR count). The molecule has 10 aliphatic carbocycles. The van der Waals surface area contributed by atoms with Crippen LogP contribution in [-0.4, -0.2) is 23.0 Å². The molecule has 0 radical (unpaired) electrons. The van der Waals surface area contributed by atoms with Crippen LogP contribution >= 0.6 is 0 Å². The van der Waals surface area contributed by atoms with E-state index in [1.54, 1.807) is 173 Å². The summed E-state index contributed by atoms with van der Waals surface area (Å²) >= 11 is 0. The van der Waals surface area contributed by atoms with Crippen molar-refractivity contribution in [3.05, 3.63) is 0 Å². The second kappa shape index (κ2) is 15.8. The van der Waals surface area contributed by atoms with Crippen molar-refractivity contribution in [3.63, 3.8) is 0 Å². The van der Waals surface area contributed by atoms with E-state index in [1.807, 2.05) is 0 Å². The summed E-state index contributed by atoms with van der Waals surface area (Å²) < 4.78 is 0. The monoisotopic (exact) mass is 698 g/mol. The average molecular weight is 698 g/mol. The van der Waals surface area contributed by atoms with E-state index in [0.29, 0.717) is 0 Å². The van der Waals surface area contributed by atoms with Gasteiger partial charge in [0.2, 0.25) is 0 Å². The predicted octanol–water partition coefficient (Wildman–Crippen LogP) is 14.0. The molecule has 51 heavy (non-hydrogen) atoms. The third kappa shape index (κ3) is 6.91. The van der Waals surface area contributed by atoms with Crippen molar-refractivity contribution in [1.82, 2.24) is 4.90 Å². The lowest BCUT2D eigenvalue weighted by molar-refractivity contribution is -0.0764. The molecular weight excluding hydrogens is 615 g/mol. The Labute approximate surface area is 316 Å². The van der Waals surface area contributed by atoms with Gasteiger partial charge >= 0.3 is 0 Å². The maximum absolute atomic E-state index is 3.41. The van der Waals surface area contributed by atoms with E-state index in [9.17, 15) is 0 Å². The minimum Gasteiger partial charge on any atom is -0.294 e. The van der Waals surface area contributed by atoms with Crippen LogP contribution in [0.3, 0.4) is 0 Å². The molecule has 0 N–H and O–H groups in total. The second-order valence-corrected chi connectivity index (χ2v) is 22.3. The Balaban J connectivity index is 0.857. The first-order chi connectivity index (χ1) is 25.3. The standard InChI is InChI=1S/C50H83N/c1-3-13-34(14-4-1)35-25-27-41(28-26-35)51(40-18-5-2-6-19-40)49-30-29-45(43-20-9-10-21-46(43)49)44-23-12-24-47-48(44)33-38-17-11-22-42(50(38)47)39-31-36-15-7-8-16-37(36)32-39/h34-50H,1-33H2. The third-order valence-electron chi connectivity index (χ3n) is 20.4. The van der Waals surface area contributed by atoms with E-state index in [-0.39, 0.29) is 0 Å².